The van der Waals surface area contributed by atoms with E-state index in [2.05, 4.69) is 5.43 Å². The van der Waals surface area contributed by atoms with Crippen LogP contribution in [0.3, 0.4) is 0 Å². The van der Waals surface area contributed by atoms with E-state index in [4.69, 9.17) is 16.7 Å². The number of nitrogens with two attached hydrogens (primary N) is 2. The minimum absolute atomic E-state index is 0.0829. The van der Waals surface area contributed by atoms with Crippen molar-refractivity contribution in [3.63, 3.8) is 0 Å². The Morgan fingerprint density at radius 3 is 2.58 bits per heavy atom. The van der Waals surface area contributed by atoms with Gasteiger partial charge in [0.25, 0.3) is 0 Å². The van der Waals surface area contributed by atoms with Crippen LogP contribution in [0.5, 0.6) is 5.75 Å². The zero-order chi connectivity index (χ0) is 9.14. The molecule has 0 saturated heterocycles. The minimum Gasteiger partial charge on any atom is -0.507 e. The van der Waals surface area contributed by atoms with Gasteiger partial charge in [-0.15, -0.1) is 0 Å². The van der Waals surface area contributed by atoms with Gasteiger partial charge in [-0.3, -0.25) is 5.84 Å². The molecule has 0 saturated carbocycles. The summed E-state index contributed by atoms with van der Waals surface area (Å²) in [5.41, 5.74) is 8.20. The maximum Gasteiger partial charge on any atom is 0.146 e. The van der Waals surface area contributed by atoms with Gasteiger partial charge in [0.2, 0.25) is 0 Å². The Morgan fingerprint density at radius 2 is 2.08 bits per heavy atom. The van der Waals surface area contributed by atoms with Crippen molar-refractivity contribution in [2.24, 2.45) is 5.84 Å². The molecule has 5 heteroatoms. The topological polar surface area (TPSA) is 105 Å². The molecule has 7 N–H and O–H groups in total. The normalized spacial score (nSPS) is 12.8. The van der Waals surface area contributed by atoms with Crippen molar-refractivity contribution < 1.29 is 10.2 Å². The molecule has 12 heavy (non-hydrogen) atoms. The number of phenolic OH excluding ortho intramolecular Hbond substituents is 1. The molecule has 0 aliphatic heterocycles. The van der Waals surface area contributed by atoms with Crippen LogP contribution in [0, 0.1) is 0 Å². The molecule has 1 aromatic rings. The van der Waals surface area contributed by atoms with Crippen LogP contribution in [-0.4, -0.2) is 10.2 Å². The number of rotatable bonds is 2. The van der Waals surface area contributed by atoms with Crippen molar-refractivity contribution in [1.82, 2.24) is 5.43 Å². The molecule has 1 unspecified atom stereocenters. The van der Waals surface area contributed by atoms with Crippen molar-refractivity contribution in [3.05, 3.63) is 23.8 Å². The third-order valence-electron chi connectivity index (χ3n) is 1.51. The average molecular weight is 169 g/mol. The highest BCUT2D eigenvalue weighted by Gasteiger charge is 2.09. The lowest BCUT2D eigenvalue weighted by molar-refractivity contribution is 0.137. The van der Waals surface area contributed by atoms with Crippen LogP contribution in [0.15, 0.2) is 18.2 Å². The summed E-state index contributed by atoms with van der Waals surface area (Å²) >= 11 is 0. The summed E-state index contributed by atoms with van der Waals surface area (Å²) in [4.78, 5) is 0. The van der Waals surface area contributed by atoms with Gasteiger partial charge < -0.3 is 15.9 Å². The molecule has 1 rings (SSSR count). The number of hydrazine groups is 1. The Morgan fingerprint density at radius 1 is 1.42 bits per heavy atom. The Bertz CT molecular complexity index is 277. The molecule has 0 aromatic heterocycles. The fourth-order valence-corrected chi connectivity index (χ4v) is 0.882. The van der Waals surface area contributed by atoms with Crippen molar-refractivity contribution in [2.45, 2.75) is 6.23 Å². The van der Waals surface area contributed by atoms with E-state index in [1.165, 1.54) is 12.1 Å². The van der Waals surface area contributed by atoms with Crippen LogP contribution < -0.4 is 17.0 Å². The van der Waals surface area contributed by atoms with Crippen molar-refractivity contribution >= 4 is 5.69 Å². The first-order valence-corrected chi connectivity index (χ1v) is 3.37. The number of aromatic hydroxyl groups is 1. The van der Waals surface area contributed by atoms with Gasteiger partial charge in [-0.2, -0.15) is 0 Å². The van der Waals surface area contributed by atoms with E-state index < -0.39 is 6.23 Å². The highest BCUT2D eigenvalue weighted by molar-refractivity contribution is 5.48. The molecule has 0 heterocycles. The minimum atomic E-state index is -1.08. The summed E-state index contributed by atoms with van der Waals surface area (Å²) in [6.45, 7) is 0. The number of anilines is 1. The smallest absolute Gasteiger partial charge is 0.146 e. The molecule has 0 fully saturated rings. The number of nitrogen functional groups attached to an aromatic ring is 1. The Hall–Kier alpha value is -1.30. The Kier molecular flexibility index (Phi) is 2.49. The second kappa shape index (κ2) is 3.40. The van der Waals surface area contributed by atoms with E-state index in [1.807, 2.05) is 0 Å². The highest BCUT2D eigenvalue weighted by atomic mass is 16.3. The first-order valence-electron chi connectivity index (χ1n) is 3.37. The predicted molar refractivity (Wildman–Crippen MR) is 44.8 cm³/mol. The Balaban J connectivity index is 3.01. The predicted octanol–water partition coefficient (Wildman–Crippen LogP) is -0.571. The first-order chi connectivity index (χ1) is 5.65. The van der Waals surface area contributed by atoms with Gasteiger partial charge in [0.15, 0.2) is 0 Å². The molecule has 5 nitrogen and oxygen atoms in total. The van der Waals surface area contributed by atoms with Crippen LogP contribution in [0.2, 0.25) is 0 Å². The molecule has 0 aliphatic carbocycles. The van der Waals surface area contributed by atoms with Gasteiger partial charge in [-0.25, -0.2) is 5.43 Å². The number of aliphatic hydroxyl groups is 1. The summed E-state index contributed by atoms with van der Waals surface area (Å²) in [7, 11) is 0. The van der Waals surface area contributed by atoms with Crippen LogP contribution >= 0.6 is 0 Å². The number of hydrogen-bond donors (Lipinski definition) is 5. The summed E-state index contributed by atoms with van der Waals surface area (Å²) in [6.07, 6.45) is -1.08. The number of phenols is 1. The molecule has 66 valence electrons. The summed E-state index contributed by atoms with van der Waals surface area (Å²) < 4.78 is 0. The summed E-state index contributed by atoms with van der Waals surface area (Å²) in [6, 6.07) is 4.40. The largest absolute Gasteiger partial charge is 0.507 e. The SMILES string of the molecule is NNC(O)c1ccc(N)cc1O. The van der Waals surface area contributed by atoms with E-state index in [-0.39, 0.29) is 5.75 Å². The summed E-state index contributed by atoms with van der Waals surface area (Å²) in [5, 5.41) is 18.4. The second-order valence-corrected chi connectivity index (χ2v) is 2.39. The lowest BCUT2D eigenvalue weighted by Crippen LogP contribution is -2.27. The van der Waals surface area contributed by atoms with Crippen LogP contribution in [-0.2, 0) is 0 Å². The molecule has 0 bridgehead atoms. The molecule has 0 aliphatic rings. The lowest BCUT2D eigenvalue weighted by atomic mass is 10.1. The fraction of sp³-hybridized carbons (Fsp3) is 0.143. The van der Waals surface area contributed by atoms with Crippen LogP contribution in [0.4, 0.5) is 5.69 Å². The standard InChI is InChI=1S/C7H11N3O2/c8-4-1-2-5(6(11)3-4)7(12)10-9/h1-3,7,10-12H,8-9H2. The number of benzene rings is 1. The van der Waals surface area contributed by atoms with Crippen molar-refractivity contribution in [3.8, 4) is 5.75 Å². The van der Waals surface area contributed by atoms with Gasteiger partial charge in [0.05, 0.1) is 0 Å². The number of nitrogens with one attached hydrogen (secondary N) is 1. The maximum absolute atomic E-state index is 9.26. The monoisotopic (exact) mass is 169 g/mol. The molecule has 0 spiro atoms. The van der Waals surface area contributed by atoms with E-state index in [0.29, 0.717) is 11.3 Å². The quantitative estimate of drug-likeness (QED) is 0.176. The van der Waals surface area contributed by atoms with Crippen LogP contribution in [0.1, 0.15) is 11.8 Å². The second-order valence-electron chi connectivity index (χ2n) is 2.39. The van der Waals surface area contributed by atoms with E-state index >= 15 is 0 Å². The maximum atomic E-state index is 9.26. The third-order valence-corrected chi connectivity index (χ3v) is 1.51. The van der Waals surface area contributed by atoms with Crippen LogP contribution in [0.25, 0.3) is 0 Å². The van der Waals surface area contributed by atoms with Gasteiger partial charge in [0.1, 0.15) is 12.0 Å². The van der Waals surface area contributed by atoms with Gasteiger partial charge in [0, 0.05) is 17.3 Å². The van der Waals surface area contributed by atoms with Gasteiger partial charge in [-0.05, 0) is 12.1 Å². The molecular weight excluding hydrogens is 158 g/mol. The van der Waals surface area contributed by atoms with E-state index in [9.17, 15) is 5.11 Å². The number of hydrogen-bond acceptors (Lipinski definition) is 5. The zero-order valence-electron chi connectivity index (χ0n) is 6.36. The third kappa shape index (κ3) is 1.65. The Labute approximate surface area is 69.6 Å². The summed E-state index contributed by atoms with van der Waals surface area (Å²) in [5.74, 6) is 4.89. The van der Waals surface area contributed by atoms with E-state index in [1.54, 1.807) is 6.07 Å². The molecule has 0 radical (unpaired) electrons. The average Bonchev–Trinajstić information content (AvgIpc) is 2.03. The van der Waals surface area contributed by atoms with Gasteiger partial charge >= 0.3 is 0 Å². The molecular formula is C7H11N3O2. The first kappa shape index (κ1) is 8.79. The lowest BCUT2D eigenvalue weighted by Gasteiger charge is -2.10. The van der Waals surface area contributed by atoms with Crippen molar-refractivity contribution in [2.75, 3.05) is 5.73 Å². The van der Waals surface area contributed by atoms with E-state index in [0.717, 1.165) is 0 Å². The van der Waals surface area contributed by atoms with Crippen molar-refractivity contribution in [1.29, 1.82) is 0 Å². The molecule has 0 amide bonds. The zero-order valence-corrected chi connectivity index (χ0v) is 6.36. The molecule has 1 aromatic carbocycles. The number of aliphatic hydroxyl groups excluding tert-OH is 1. The fourth-order valence-electron chi connectivity index (χ4n) is 0.882. The highest BCUT2D eigenvalue weighted by Crippen LogP contribution is 2.24. The van der Waals surface area contributed by atoms with Gasteiger partial charge in [-0.1, -0.05) is 0 Å². The molecule has 1 atom stereocenters.